The first-order chi connectivity index (χ1) is 18.8. The Kier molecular flexibility index (Phi) is 6.94. The number of carbonyl (C=O) groups excluding carboxylic acids is 2. The maximum atomic E-state index is 13.6. The maximum Gasteiger partial charge on any atom is 0.336 e. The van der Waals surface area contributed by atoms with E-state index in [0.29, 0.717) is 51.8 Å². The molecule has 0 fully saturated rings. The first-order valence-electron chi connectivity index (χ1n) is 12.5. The molecule has 8 nitrogen and oxygen atoms in total. The number of esters is 1. The van der Waals surface area contributed by atoms with Crippen molar-refractivity contribution in [3.63, 3.8) is 0 Å². The van der Waals surface area contributed by atoms with Gasteiger partial charge in [-0.25, -0.2) is 9.59 Å². The van der Waals surface area contributed by atoms with Crippen LogP contribution in [0.5, 0.6) is 11.5 Å². The van der Waals surface area contributed by atoms with Crippen molar-refractivity contribution in [3.8, 4) is 11.5 Å². The number of nitrogens with one attached hydrogen (secondary N) is 1. The van der Waals surface area contributed by atoms with Crippen LogP contribution in [0.3, 0.4) is 0 Å². The van der Waals surface area contributed by atoms with Crippen molar-refractivity contribution in [3.05, 3.63) is 111 Å². The quantitative estimate of drug-likeness (QED) is 0.391. The van der Waals surface area contributed by atoms with Gasteiger partial charge in [0, 0.05) is 28.3 Å². The second kappa shape index (κ2) is 10.5. The average Bonchev–Trinajstić information content (AvgIpc) is 3.22. The maximum absolute atomic E-state index is 13.6. The molecule has 1 heterocycles. The van der Waals surface area contributed by atoms with Gasteiger partial charge in [0.25, 0.3) is 0 Å². The molecule has 1 aliphatic carbocycles. The number of carboxylic acids is 1. The molecule has 0 spiro atoms. The molecule has 2 N–H and O–H groups in total. The Hall–Kier alpha value is -4.85. The van der Waals surface area contributed by atoms with E-state index in [1.165, 1.54) is 19.2 Å². The number of aromatic carboxylic acids is 1. The lowest BCUT2D eigenvalue weighted by Crippen LogP contribution is -2.29. The molecule has 1 aliphatic heterocycles. The summed E-state index contributed by atoms with van der Waals surface area (Å²) in [5, 5.41) is 12.4. The van der Waals surface area contributed by atoms with E-state index in [2.05, 4.69) is 5.32 Å². The van der Waals surface area contributed by atoms with Crippen LogP contribution in [0, 0.1) is 0 Å². The number of benzene rings is 3. The molecular formula is C31H27NO7. The van der Waals surface area contributed by atoms with Crippen molar-refractivity contribution >= 4 is 23.4 Å². The van der Waals surface area contributed by atoms with Gasteiger partial charge in [-0.05, 0) is 49.2 Å². The van der Waals surface area contributed by atoms with Crippen molar-refractivity contribution in [1.82, 2.24) is 5.32 Å². The van der Waals surface area contributed by atoms with E-state index < -0.39 is 17.9 Å². The minimum absolute atomic E-state index is 0.143. The third kappa shape index (κ3) is 4.65. The first-order valence-corrected chi connectivity index (χ1v) is 12.5. The number of allylic oxidation sites excluding steroid dienone is 2. The zero-order valence-electron chi connectivity index (χ0n) is 21.7. The molecule has 0 saturated carbocycles. The van der Waals surface area contributed by atoms with Crippen molar-refractivity contribution in [1.29, 1.82) is 0 Å². The molecule has 2 aliphatic rings. The Balaban J connectivity index is 1.53. The Morgan fingerprint density at radius 1 is 0.949 bits per heavy atom. The lowest BCUT2D eigenvalue weighted by molar-refractivity contribution is -0.136. The summed E-state index contributed by atoms with van der Waals surface area (Å²) in [6.07, 6.45) is 0. The zero-order valence-corrected chi connectivity index (χ0v) is 21.7. The number of dihydropyridines is 1. The summed E-state index contributed by atoms with van der Waals surface area (Å²) in [6.45, 7) is 4.22. The van der Waals surface area contributed by atoms with E-state index in [1.54, 1.807) is 37.3 Å². The van der Waals surface area contributed by atoms with Gasteiger partial charge < -0.3 is 24.6 Å². The Labute approximate surface area is 225 Å². The Morgan fingerprint density at radius 3 is 2.33 bits per heavy atom. The van der Waals surface area contributed by atoms with Crippen molar-refractivity contribution < 1.29 is 33.7 Å². The molecule has 8 heteroatoms. The molecule has 0 bridgehead atoms. The molecule has 0 amide bonds. The van der Waals surface area contributed by atoms with E-state index in [1.807, 2.05) is 31.2 Å². The molecule has 3 aromatic rings. The number of carboxylic acid groups (broad SMARTS) is 1. The van der Waals surface area contributed by atoms with Crippen molar-refractivity contribution in [2.24, 2.45) is 0 Å². The summed E-state index contributed by atoms with van der Waals surface area (Å²) >= 11 is 0. The lowest BCUT2D eigenvalue weighted by atomic mass is 9.79. The zero-order chi connectivity index (χ0) is 27.7. The van der Waals surface area contributed by atoms with Crippen LogP contribution in [0.2, 0.25) is 0 Å². The van der Waals surface area contributed by atoms with E-state index in [9.17, 15) is 14.4 Å². The van der Waals surface area contributed by atoms with Crippen LogP contribution < -0.4 is 14.8 Å². The highest BCUT2D eigenvalue weighted by Gasteiger charge is 2.43. The third-order valence-corrected chi connectivity index (χ3v) is 6.85. The van der Waals surface area contributed by atoms with Crippen LogP contribution in [0.1, 0.15) is 57.2 Å². The van der Waals surface area contributed by atoms with Crippen molar-refractivity contribution in [2.45, 2.75) is 26.4 Å². The third-order valence-electron chi connectivity index (χ3n) is 6.85. The number of ketones is 1. The number of methoxy groups -OCH3 is 1. The fourth-order valence-electron chi connectivity index (χ4n) is 5.04. The SMILES string of the molecule is CCOc1cc([C@H]2C(C(=O)OC)=C(C)NC3=C2C(=O)c2ccccc23)ccc1OCc1ccc(C(=O)O)cc1. The molecule has 5 rings (SSSR count). The van der Waals surface area contributed by atoms with Crippen LogP contribution in [-0.4, -0.2) is 36.5 Å². The van der Waals surface area contributed by atoms with Crippen LogP contribution in [0.4, 0.5) is 0 Å². The van der Waals surface area contributed by atoms with Gasteiger partial charge in [-0.2, -0.15) is 0 Å². The smallest absolute Gasteiger partial charge is 0.336 e. The number of ether oxygens (including phenoxy) is 3. The van der Waals surface area contributed by atoms with Gasteiger partial charge >= 0.3 is 11.9 Å². The predicted octanol–water partition coefficient (Wildman–Crippen LogP) is 5.10. The van der Waals surface area contributed by atoms with Crippen molar-refractivity contribution in [2.75, 3.05) is 13.7 Å². The number of rotatable bonds is 8. The van der Waals surface area contributed by atoms with Crippen LogP contribution >= 0.6 is 0 Å². The highest BCUT2D eigenvalue weighted by Crippen LogP contribution is 2.48. The Bertz CT molecular complexity index is 1550. The second-order valence-electron chi connectivity index (χ2n) is 9.18. The number of hydrogen-bond acceptors (Lipinski definition) is 7. The summed E-state index contributed by atoms with van der Waals surface area (Å²) < 4.78 is 17.1. The van der Waals surface area contributed by atoms with E-state index in [4.69, 9.17) is 19.3 Å². The highest BCUT2D eigenvalue weighted by molar-refractivity contribution is 6.23. The molecular weight excluding hydrogens is 498 g/mol. The standard InChI is InChI=1S/C31H27NO7/c1-4-38-24-15-20(13-14-23(24)39-16-18-9-11-19(12-10-18)30(34)35)26-25(31(36)37-3)17(2)32-28-21-7-5-6-8-22(21)29(33)27(26)28/h5-15,26,32H,4,16H2,1-3H3,(H,34,35)/t26-/m0/s1. The van der Waals surface area contributed by atoms with Crippen LogP contribution in [0.15, 0.2) is 83.6 Å². The highest BCUT2D eigenvalue weighted by atomic mass is 16.5. The molecule has 0 saturated heterocycles. The van der Waals surface area contributed by atoms with Gasteiger partial charge in [0.15, 0.2) is 17.3 Å². The van der Waals surface area contributed by atoms with E-state index in [-0.39, 0.29) is 18.0 Å². The number of Topliss-reactive ketones (excluding diaryl/α,β-unsaturated/α-hetero) is 1. The number of fused-ring (bicyclic) bond motifs is 2. The predicted molar refractivity (Wildman–Crippen MR) is 144 cm³/mol. The Morgan fingerprint density at radius 2 is 1.67 bits per heavy atom. The minimum atomic E-state index is -0.993. The lowest BCUT2D eigenvalue weighted by Gasteiger charge is -2.29. The summed E-state index contributed by atoms with van der Waals surface area (Å²) in [6, 6.07) is 19.2. The van der Waals surface area contributed by atoms with Gasteiger partial charge in [0.2, 0.25) is 0 Å². The summed E-state index contributed by atoms with van der Waals surface area (Å²) in [5.41, 5.74) is 5.19. The molecule has 0 unspecified atom stereocenters. The molecule has 198 valence electrons. The fourth-order valence-corrected chi connectivity index (χ4v) is 5.04. The molecule has 3 aromatic carbocycles. The molecule has 39 heavy (non-hydrogen) atoms. The van der Waals surface area contributed by atoms with Crippen LogP contribution in [-0.2, 0) is 16.1 Å². The van der Waals surface area contributed by atoms with Gasteiger partial charge in [-0.1, -0.05) is 42.5 Å². The first kappa shape index (κ1) is 25.8. The van der Waals surface area contributed by atoms with Gasteiger partial charge in [0.1, 0.15) is 6.61 Å². The van der Waals surface area contributed by atoms with Gasteiger partial charge in [-0.15, -0.1) is 0 Å². The van der Waals surface area contributed by atoms with Gasteiger partial charge in [0.05, 0.1) is 30.6 Å². The molecule has 0 radical (unpaired) electrons. The molecule has 0 aromatic heterocycles. The fraction of sp³-hybridized carbons (Fsp3) is 0.194. The van der Waals surface area contributed by atoms with E-state index in [0.717, 1.165) is 11.1 Å². The minimum Gasteiger partial charge on any atom is -0.490 e. The topological polar surface area (TPSA) is 111 Å². The molecule has 1 atom stereocenters. The largest absolute Gasteiger partial charge is 0.490 e. The second-order valence-corrected chi connectivity index (χ2v) is 9.18. The summed E-state index contributed by atoms with van der Waals surface area (Å²) in [5.74, 6) is -1.40. The van der Waals surface area contributed by atoms with Crippen LogP contribution in [0.25, 0.3) is 5.70 Å². The number of carbonyl (C=O) groups is 3. The number of hydrogen-bond donors (Lipinski definition) is 2. The monoisotopic (exact) mass is 525 g/mol. The van der Waals surface area contributed by atoms with E-state index >= 15 is 0 Å². The summed E-state index contributed by atoms with van der Waals surface area (Å²) in [4.78, 5) is 37.7. The summed E-state index contributed by atoms with van der Waals surface area (Å²) in [7, 11) is 1.32. The normalized spacial score (nSPS) is 15.9. The van der Waals surface area contributed by atoms with Gasteiger partial charge in [-0.3, -0.25) is 4.79 Å². The average molecular weight is 526 g/mol.